The molecule has 1 aromatic carbocycles. The van der Waals surface area contributed by atoms with Crippen LogP contribution in [0.3, 0.4) is 0 Å². The monoisotopic (exact) mass is 263 g/mol. The van der Waals surface area contributed by atoms with E-state index in [2.05, 4.69) is 43.4 Å². The molecule has 1 atom stereocenters. The van der Waals surface area contributed by atoms with E-state index in [-0.39, 0.29) is 12.1 Å². The lowest BCUT2D eigenvalue weighted by molar-refractivity contribution is -0.133. The zero-order chi connectivity index (χ0) is 13.7. The Labute approximate surface area is 116 Å². The van der Waals surface area contributed by atoms with Crippen molar-refractivity contribution >= 4 is 0 Å². The molecule has 0 saturated carbocycles. The number of likely N-dealkylation sites (N-methyl/N-ethyl adjacent to an activating group) is 1. The number of benzene rings is 1. The van der Waals surface area contributed by atoms with E-state index in [1.54, 1.807) is 0 Å². The number of hydrogen-bond acceptors (Lipinski definition) is 3. The summed E-state index contributed by atoms with van der Waals surface area (Å²) in [5.41, 5.74) is 2.69. The van der Waals surface area contributed by atoms with Gasteiger partial charge < -0.3 is 14.8 Å². The van der Waals surface area contributed by atoms with Crippen molar-refractivity contribution in [3.8, 4) is 0 Å². The molecule has 1 fully saturated rings. The van der Waals surface area contributed by atoms with Gasteiger partial charge >= 0.3 is 0 Å². The van der Waals surface area contributed by atoms with Gasteiger partial charge in [-0.1, -0.05) is 38.1 Å². The Hall–Kier alpha value is -0.900. The molecule has 0 aliphatic carbocycles. The van der Waals surface area contributed by atoms with E-state index < -0.39 is 0 Å². The molecule has 3 nitrogen and oxygen atoms in total. The molecule has 19 heavy (non-hydrogen) atoms. The van der Waals surface area contributed by atoms with Crippen LogP contribution >= 0.6 is 0 Å². The Balaban J connectivity index is 1.89. The van der Waals surface area contributed by atoms with Gasteiger partial charge in [0.05, 0.1) is 25.9 Å². The molecule has 1 aliphatic rings. The minimum Gasteiger partial charge on any atom is -0.376 e. The fourth-order valence-electron chi connectivity index (χ4n) is 2.25. The average molecular weight is 263 g/mol. The Bertz CT molecular complexity index is 371. The zero-order valence-electron chi connectivity index (χ0n) is 12.2. The van der Waals surface area contributed by atoms with Crippen molar-refractivity contribution in [2.45, 2.75) is 32.4 Å². The van der Waals surface area contributed by atoms with E-state index in [0.717, 1.165) is 19.6 Å². The highest BCUT2D eigenvalue weighted by Crippen LogP contribution is 2.17. The normalized spacial score (nSPS) is 17.5. The van der Waals surface area contributed by atoms with E-state index in [0.29, 0.717) is 12.5 Å². The largest absolute Gasteiger partial charge is 0.376 e. The highest BCUT2D eigenvalue weighted by atomic mass is 16.6. The van der Waals surface area contributed by atoms with E-state index in [1.165, 1.54) is 11.1 Å². The van der Waals surface area contributed by atoms with Crippen LogP contribution in [-0.2, 0) is 15.9 Å². The summed E-state index contributed by atoms with van der Waals surface area (Å²) in [5, 5.41) is 3.32. The molecular weight excluding hydrogens is 238 g/mol. The maximum absolute atomic E-state index is 5.79. The van der Waals surface area contributed by atoms with Gasteiger partial charge in [-0.15, -0.1) is 0 Å². The first-order valence-electron chi connectivity index (χ1n) is 7.14. The molecule has 1 N–H and O–H groups in total. The van der Waals surface area contributed by atoms with Gasteiger partial charge in [0.25, 0.3) is 0 Å². The van der Waals surface area contributed by atoms with Crippen molar-refractivity contribution in [3.63, 3.8) is 0 Å². The predicted octanol–water partition coefficient (Wildman–Crippen LogP) is 2.56. The van der Waals surface area contributed by atoms with Crippen LogP contribution in [0.5, 0.6) is 0 Å². The van der Waals surface area contributed by atoms with Crippen LogP contribution in [0.15, 0.2) is 24.3 Å². The van der Waals surface area contributed by atoms with Gasteiger partial charge in [-0.25, -0.2) is 0 Å². The molecule has 106 valence electrons. The number of nitrogens with one attached hydrogen (secondary N) is 1. The summed E-state index contributed by atoms with van der Waals surface area (Å²) in [4.78, 5) is 0. The Morgan fingerprint density at radius 2 is 1.95 bits per heavy atom. The third-order valence-electron chi connectivity index (χ3n) is 3.48. The molecular formula is C16H25NO2. The fraction of sp³-hybridized carbons (Fsp3) is 0.625. The van der Waals surface area contributed by atoms with Gasteiger partial charge in [-0.05, 0) is 30.5 Å². The summed E-state index contributed by atoms with van der Waals surface area (Å²) in [6, 6.07) is 9.13. The fourth-order valence-corrected chi connectivity index (χ4v) is 2.25. The molecule has 0 amide bonds. The topological polar surface area (TPSA) is 30.5 Å². The molecule has 2 rings (SSSR count). The second-order valence-corrected chi connectivity index (χ2v) is 5.67. The van der Waals surface area contributed by atoms with Crippen LogP contribution in [0.25, 0.3) is 0 Å². The van der Waals surface area contributed by atoms with Crippen molar-refractivity contribution in [2.24, 2.45) is 5.92 Å². The van der Waals surface area contributed by atoms with Gasteiger partial charge in [0.15, 0.2) is 0 Å². The van der Waals surface area contributed by atoms with E-state index in [9.17, 15) is 0 Å². The molecule has 1 aliphatic heterocycles. The molecule has 0 aromatic heterocycles. The van der Waals surface area contributed by atoms with Crippen LogP contribution in [-0.4, -0.2) is 33.0 Å². The van der Waals surface area contributed by atoms with Crippen molar-refractivity contribution < 1.29 is 9.47 Å². The lowest BCUT2D eigenvalue weighted by Crippen LogP contribution is -2.38. The maximum Gasteiger partial charge on any atom is 0.104 e. The van der Waals surface area contributed by atoms with Crippen LogP contribution in [0.4, 0.5) is 0 Å². The SMILES string of the molecule is CNC(COC1COC1)c1ccc(CC(C)C)cc1. The summed E-state index contributed by atoms with van der Waals surface area (Å²) in [6.07, 6.45) is 1.43. The third kappa shape index (κ3) is 4.30. The first-order valence-corrected chi connectivity index (χ1v) is 7.14. The maximum atomic E-state index is 5.79. The summed E-state index contributed by atoms with van der Waals surface area (Å²) in [6.45, 7) is 6.68. The Morgan fingerprint density at radius 1 is 1.26 bits per heavy atom. The quantitative estimate of drug-likeness (QED) is 0.820. The van der Waals surface area contributed by atoms with Gasteiger partial charge in [-0.2, -0.15) is 0 Å². The van der Waals surface area contributed by atoms with E-state index >= 15 is 0 Å². The van der Waals surface area contributed by atoms with Gasteiger partial charge in [-0.3, -0.25) is 0 Å². The van der Waals surface area contributed by atoms with Crippen LogP contribution in [0.1, 0.15) is 31.0 Å². The van der Waals surface area contributed by atoms with Crippen LogP contribution in [0.2, 0.25) is 0 Å². The highest BCUT2D eigenvalue weighted by molar-refractivity contribution is 5.25. The molecule has 1 saturated heterocycles. The van der Waals surface area contributed by atoms with Crippen molar-refractivity contribution in [1.82, 2.24) is 5.32 Å². The van der Waals surface area contributed by atoms with Gasteiger partial charge in [0.2, 0.25) is 0 Å². The number of ether oxygens (including phenoxy) is 2. The smallest absolute Gasteiger partial charge is 0.104 e. The lowest BCUT2D eigenvalue weighted by Gasteiger charge is -2.28. The predicted molar refractivity (Wildman–Crippen MR) is 77.3 cm³/mol. The van der Waals surface area contributed by atoms with Crippen LogP contribution < -0.4 is 5.32 Å². The third-order valence-corrected chi connectivity index (χ3v) is 3.48. The first kappa shape index (κ1) is 14.5. The molecule has 1 heterocycles. The minimum atomic E-state index is 0.258. The molecule has 0 bridgehead atoms. The zero-order valence-corrected chi connectivity index (χ0v) is 12.2. The van der Waals surface area contributed by atoms with E-state index in [4.69, 9.17) is 9.47 Å². The molecule has 1 aromatic rings. The van der Waals surface area contributed by atoms with Crippen molar-refractivity contribution in [2.75, 3.05) is 26.9 Å². The second kappa shape index (κ2) is 7.04. The Morgan fingerprint density at radius 3 is 2.42 bits per heavy atom. The summed E-state index contributed by atoms with van der Waals surface area (Å²) in [5.74, 6) is 0.702. The van der Waals surface area contributed by atoms with Crippen LogP contribution in [0, 0.1) is 5.92 Å². The lowest BCUT2D eigenvalue weighted by atomic mass is 9.99. The molecule has 0 radical (unpaired) electrons. The summed E-state index contributed by atoms with van der Waals surface area (Å²) >= 11 is 0. The van der Waals surface area contributed by atoms with E-state index in [1.807, 2.05) is 7.05 Å². The standard InChI is InChI=1S/C16H25NO2/c1-12(2)8-13-4-6-14(7-5-13)16(17-3)11-19-15-9-18-10-15/h4-7,12,15-17H,8-11H2,1-3H3. The van der Waals surface area contributed by atoms with Crippen molar-refractivity contribution in [1.29, 1.82) is 0 Å². The van der Waals surface area contributed by atoms with Crippen molar-refractivity contribution in [3.05, 3.63) is 35.4 Å². The average Bonchev–Trinajstić information content (AvgIpc) is 2.33. The molecule has 1 unspecified atom stereocenters. The summed E-state index contributed by atoms with van der Waals surface area (Å²) in [7, 11) is 1.98. The second-order valence-electron chi connectivity index (χ2n) is 5.67. The molecule has 0 spiro atoms. The Kier molecular flexibility index (Phi) is 5.37. The van der Waals surface area contributed by atoms with Gasteiger partial charge in [0.1, 0.15) is 6.10 Å². The first-order chi connectivity index (χ1) is 9.19. The number of hydrogen-bond donors (Lipinski definition) is 1. The highest BCUT2D eigenvalue weighted by Gasteiger charge is 2.20. The number of rotatable bonds is 7. The van der Waals surface area contributed by atoms with Gasteiger partial charge in [0, 0.05) is 0 Å². The summed E-state index contributed by atoms with van der Waals surface area (Å²) < 4.78 is 10.9. The molecule has 3 heteroatoms. The minimum absolute atomic E-state index is 0.258.